The summed E-state index contributed by atoms with van der Waals surface area (Å²) in [6.07, 6.45) is -1.87. The van der Waals surface area contributed by atoms with Gasteiger partial charge in [-0.15, -0.1) is 0 Å². The van der Waals surface area contributed by atoms with Crippen LogP contribution in [0.15, 0.2) is 59.1 Å². The Balaban J connectivity index is 1.32. The summed E-state index contributed by atoms with van der Waals surface area (Å²) in [6, 6.07) is 12.6. The summed E-state index contributed by atoms with van der Waals surface area (Å²) in [5.41, 5.74) is 3.43. The Morgan fingerprint density at radius 1 is 1.00 bits per heavy atom. The summed E-state index contributed by atoms with van der Waals surface area (Å²) in [5.74, 6) is 1.11. The maximum atomic E-state index is 12.8. The molecule has 0 fully saturated rings. The van der Waals surface area contributed by atoms with Gasteiger partial charge in [0, 0.05) is 36.8 Å². The first kappa shape index (κ1) is 18.7. The average molecular weight is 410 g/mol. The van der Waals surface area contributed by atoms with Gasteiger partial charge in [-0.2, -0.15) is 13.2 Å². The number of alkyl halides is 3. The molecule has 0 saturated heterocycles. The van der Waals surface area contributed by atoms with Crippen LogP contribution < -0.4 is 0 Å². The molecule has 5 nitrogen and oxygen atoms in total. The monoisotopic (exact) mass is 410 g/mol. The summed E-state index contributed by atoms with van der Waals surface area (Å²) in [6.45, 7) is 2.05. The predicted molar refractivity (Wildman–Crippen MR) is 104 cm³/mol. The van der Waals surface area contributed by atoms with Crippen molar-refractivity contribution < 1.29 is 17.6 Å². The molecule has 0 aliphatic carbocycles. The Kier molecular flexibility index (Phi) is 4.51. The molecule has 0 saturated carbocycles. The highest BCUT2D eigenvalue weighted by Gasteiger charge is 2.30. The molecule has 2 aromatic carbocycles. The highest BCUT2D eigenvalue weighted by molar-refractivity contribution is 5.72. The number of para-hydroxylation sites is 2. The van der Waals surface area contributed by atoms with E-state index in [4.69, 9.17) is 4.42 Å². The molecule has 0 N–H and O–H groups in total. The Morgan fingerprint density at radius 3 is 2.57 bits per heavy atom. The largest absolute Gasteiger partial charge is 0.439 e. The summed E-state index contributed by atoms with van der Waals surface area (Å²) in [5, 5.41) is 0. The first-order chi connectivity index (χ1) is 14.5. The van der Waals surface area contributed by atoms with Gasteiger partial charge in [-0.3, -0.25) is 4.90 Å². The summed E-state index contributed by atoms with van der Waals surface area (Å²) >= 11 is 0. The molecule has 3 heterocycles. The molecule has 152 valence electrons. The van der Waals surface area contributed by atoms with Crippen LogP contribution in [0.2, 0.25) is 0 Å². The van der Waals surface area contributed by atoms with Crippen molar-refractivity contribution in [2.24, 2.45) is 0 Å². The van der Waals surface area contributed by atoms with Crippen LogP contribution >= 0.6 is 0 Å². The van der Waals surface area contributed by atoms with Gasteiger partial charge >= 0.3 is 6.18 Å². The van der Waals surface area contributed by atoms with Gasteiger partial charge in [-0.1, -0.05) is 24.3 Å². The van der Waals surface area contributed by atoms with E-state index in [1.54, 1.807) is 6.20 Å². The van der Waals surface area contributed by atoms with Crippen LogP contribution in [0.5, 0.6) is 0 Å². The molecule has 30 heavy (non-hydrogen) atoms. The number of hydrogen-bond donors (Lipinski definition) is 0. The number of rotatable bonds is 3. The molecule has 0 amide bonds. The van der Waals surface area contributed by atoms with E-state index in [1.807, 2.05) is 24.3 Å². The SMILES string of the molecule is FC(F)(F)c1ccc(-c2ncc3c(n2)CCN(Cc2nc4ccccc4o2)C3)cc1. The van der Waals surface area contributed by atoms with Gasteiger partial charge in [0.15, 0.2) is 11.4 Å². The number of fused-ring (bicyclic) bond motifs is 2. The molecule has 0 bridgehead atoms. The molecule has 1 aliphatic rings. The maximum absolute atomic E-state index is 12.8. The van der Waals surface area contributed by atoms with Gasteiger partial charge in [0.05, 0.1) is 17.8 Å². The standard InChI is InChI=1S/C22H17F3N4O/c23-22(24,25)16-7-5-14(6-8-16)21-26-11-15-12-29(10-9-17(15)28-21)13-20-27-18-3-1-2-4-19(18)30-20/h1-8,11H,9-10,12-13H2. The molecule has 5 rings (SSSR count). The fraction of sp³-hybridized carbons (Fsp3) is 0.227. The third-order valence-electron chi connectivity index (χ3n) is 5.18. The number of nitrogens with zero attached hydrogens (tertiary/aromatic N) is 4. The number of hydrogen-bond acceptors (Lipinski definition) is 5. The lowest BCUT2D eigenvalue weighted by molar-refractivity contribution is -0.137. The Bertz CT molecular complexity index is 1170. The zero-order valence-corrected chi connectivity index (χ0v) is 15.9. The molecule has 0 radical (unpaired) electrons. The van der Waals surface area contributed by atoms with Gasteiger partial charge < -0.3 is 4.42 Å². The van der Waals surface area contributed by atoms with Crippen molar-refractivity contribution in [2.45, 2.75) is 25.7 Å². The third-order valence-corrected chi connectivity index (χ3v) is 5.18. The lowest BCUT2D eigenvalue weighted by Gasteiger charge is -2.26. The minimum Gasteiger partial charge on any atom is -0.439 e. The molecule has 2 aromatic heterocycles. The van der Waals surface area contributed by atoms with Crippen molar-refractivity contribution >= 4 is 11.1 Å². The number of oxazole rings is 1. The van der Waals surface area contributed by atoms with Gasteiger partial charge in [-0.25, -0.2) is 15.0 Å². The van der Waals surface area contributed by atoms with Crippen molar-refractivity contribution in [1.82, 2.24) is 19.9 Å². The van der Waals surface area contributed by atoms with Crippen LogP contribution in [0.4, 0.5) is 13.2 Å². The zero-order valence-electron chi connectivity index (χ0n) is 15.9. The third kappa shape index (κ3) is 3.66. The number of aromatic nitrogens is 3. The molecule has 8 heteroatoms. The Labute approximate surface area is 170 Å². The summed E-state index contributed by atoms with van der Waals surface area (Å²) < 4.78 is 44.1. The van der Waals surface area contributed by atoms with E-state index in [-0.39, 0.29) is 0 Å². The van der Waals surface area contributed by atoms with E-state index in [0.29, 0.717) is 30.4 Å². The minimum absolute atomic E-state index is 0.440. The zero-order chi connectivity index (χ0) is 20.7. The normalized spacial score (nSPS) is 14.8. The second kappa shape index (κ2) is 7.21. The van der Waals surface area contributed by atoms with E-state index in [9.17, 15) is 13.2 Å². The molecular weight excluding hydrogens is 393 g/mol. The molecule has 4 aromatic rings. The first-order valence-corrected chi connectivity index (χ1v) is 9.55. The van der Waals surface area contributed by atoms with Crippen LogP contribution in [0.25, 0.3) is 22.5 Å². The first-order valence-electron chi connectivity index (χ1n) is 9.55. The van der Waals surface area contributed by atoms with E-state index in [1.165, 1.54) is 12.1 Å². The summed E-state index contributed by atoms with van der Waals surface area (Å²) in [4.78, 5) is 15.7. The van der Waals surface area contributed by atoms with Gasteiger partial charge in [0.1, 0.15) is 5.52 Å². The number of halogens is 3. The quantitative estimate of drug-likeness (QED) is 0.483. The van der Waals surface area contributed by atoms with E-state index < -0.39 is 11.7 Å². The molecule has 0 atom stereocenters. The van der Waals surface area contributed by atoms with Crippen LogP contribution in [-0.4, -0.2) is 26.4 Å². The lowest BCUT2D eigenvalue weighted by atomic mass is 10.1. The van der Waals surface area contributed by atoms with E-state index >= 15 is 0 Å². The highest BCUT2D eigenvalue weighted by Crippen LogP contribution is 2.30. The van der Waals surface area contributed by atoms with Gasteiger partial charge in [0.25, 0.3) is 0 Å². The smallest absolute Gasteiger partial charge is 0.416 e. The van der Waals surface area contributed by atoms with E-state index in [0.717, 1.165) is 47.5 Å². The van der Waals surface area contributed by atoms with Crippen LogP contribution in [0.1, 0.15) is 22.7 Å². The van der Waals surface area contributed by atoms with Crippen molar-refractivity contribution in [3.05, 3.63) is 77.4 Å². The molecular formula is C22H17F3N4O. The molecule has 1 aliphatic heterocycles. The fourth-order valence-corrected chi connectivity index (χ4v) is 3.64. The second-order valence-electron chi connectivity index (χ2n) is 7.28. The van der Waals surface area contributed by atoms with Gasteiger partial charge in [-0.05, 0) is 24.3 Å². The van der Waals surface area contributed by atoms with Crippen LogP contribution in [0.3, 0.4) is 0 Å². The highest BCUT2D eigenvalue weighted by atomic mass is 19.4. The molecule has 0 spiro atoms. The summed E-state index contributed by atoms with van der Waals surface area (Å²) in [7, 11) is 0. The topological polar surface area (TPSA) is 55.1 Å². The maximum Gasteiger partial charge on any atom is 0.416 e. The van der Waals surface area contributed by atoms with Crippen LogP contribution in [0, 0.1) is 0 Å². The second-order valence-corrected chi connectivity index (χ2v) is 7.28. The van der Waals surface area contributed by atoms with Crippen molar-refractivity contribution in [1.29, 1.82) is 0 Å². The van der Waals surface area contributed by atoms with Crippen molar-refractivity contribution in [3.8, 4) is 11.4 Å². The predicted octanol–water partition coefficient (Wildman–Crippen LogP) is 4.86. The van der Waals surface area contributed by atoms with Crippen molar-refractivity contribution in [3.63, 3.8) is 0 Å². The van der Waals surface area contributed by atoms with Crippen LogP contribution in [-0.2, 0) is 25.7 Å². The Morgan fingerprint density at radius 2 is 1.80 bits per heavy atom. The number of benzene rings is 2. The van der Waals surface area contributed by atoms with Crippen molar-refractivity contribution in [2.75, 3.05) is 6.54 Å². The average Bonchev–Trinajstić information content (AvgIpc) is 3.15. The van der Waals surface area contributed by atoms with Gasteiger partial charge in [0.2, 0.25) is 5.89 Å². The van der Waals surface area contributed by atoms with E-state index in [2.05, 4.69) is 19.9 Å². The minimum atomic E-state index is -4.35. The molecule has 0 unspecified atom stereocenters. The fourth-order valence-electron chi connectivity index (χ4n) is 3.64. The Hall–Kier alpha value is -3.26. The lowest BCUT2D eigenvalue weighted by Crippen LogP contribution is -2.31.